The number of rotatable bonds is 2. The lowest BCUT2D eigenvalue weighted by Gasteiger charge is -2.00. The number of carbonyl (C=O) groups is 1. The molecule has 1 amide bonds. The molecule has 0 unspecified atom stereocenters. The molecule has 0 aromatic heterocycles. The third-order valence-electron chi connectivity index (χ3n) is 1.89. The van der Waals surface area contributed by atoms with E-state index in [1.807, 2.05) is 6.07 Å². The van der Waals surface area contributed by atoms with Gasteiger partial charge in [-0.15, -0.1) is 0 Å². The Morgan fingerprint density at radius 2 is 2.38 bits per heavy atom. The minimum atomic E-state index is -0.212. The van der Waals surface area contributed by atoms with E-state index in [9.17, 15) is 4.79 Å². The summed E-state index contributed by atoms with van der Waals surface area (Å²) < 4.78 is 11.3. The van der Waals surface area contributed by atoms with Crippen LogP contribution in [0.3, 0.4) is 0 Å². The van der Waals surface area contributed by atoms with Gasteiger partial charge < -0.3 is 9.47 Å². The highest BCUT2D eigenvalue weighted by Crippen LogP contribution is 2.39. The smallest absolute Gasteiger partial charge is 0.236 e. The highest BCUT2D eigenvalue weighted by molar-refractivity contribution is 9.10. The van der Waals surface area contributed by atoms with Crippen LogP contribution >= 0.6 is 15.9 Å². The van der Waals surface area contributed by atoms with Crippen molar-refractivity contribution >= 4 is 28.1 Å². The molecule has 1 aliphatic heterocycles. The number of hydrazone groups is 1. The summed E-state index contributed by atoms with van der Waals surface area (Å²) in [6.07, 6.45) is 1.54. The first kappa shape index (κ1) is 10.9. The molecule has 1 N–H and O–H groups in total. The zero-order valence-corrected chi connectivity index (χ0v) is 10.1. The number of hydrogen-bond acceptors (Lipinski definition) is 4. The maximum absolute atomic E-state index is 10.6. The number of benzene rings is 1. The van der Waals surface area contributed by atoms with Crippen molar-refractivity contribution in [2.24, 2.45) is 5.10 Å². The molecule has 1 aromatic rings. The topological polar surface area (TPSA) is 59.9 Å². The highest BCUT2D eigenvalue weighted by atomic mass is 79.9. The SMILES string of the molecule is CC(=O)N/N=C\c1cc(Br)c2c(c1)OCO2. The summed E-state index contributed by atoms with van der Waals surface area (Å²) in [5.41, 5.74) is 3.13. The molecule has 0 bridgehead atoms. The van der Waals surface area contributed by atoms with E-state index in [1.54, 1.807) is 6.07 Å². The molecular weight excluding hydrogens is 276 g/mol. The fourth-order valence-electron chi connectivity index (χ4n) is 1.26. The molecule has 0 atom stereocenters. The van der Waals surface area contributed by atoms with Crippen LogP contribution in [0.15, 0.2) is 21.7 Å². The summed E-state index contributed by atoms with van der Waals surface area (Å²) in [5.74, 6) is 1.14. The van der Waals surface area contributed by atoms with E-state index < -0.39 is 0 Å². The van der Waals surface area contributed by atoms with E-state index in [2.05, 4.69) is 26.5 Å². The van der Waals surface area contributed by atoms with Gasteiger partial charge in [-0.2, -0.15) is 5.10 Å². The van der Waals surface area contributed by atoms with E-state index in [0.29, 0.717) is 11.5 Å². The normalized spacial score (nSPS) is 13.1. The van der Waals surface area contributed by atoms with Crippen molar-refractivity contribution in [2.75, 3.05) is 6.79 Å². The van der Waals surface area contributed by atoms with Crippen molar-refractivity contribution in [1.29, 1.82) is 0 Å². The summed E-state index contributed by atoms with van der Waals surface area (Å²) >= 11 is 3.36. The van der Waals surface area contributed by atoms with E-state index in [1.165, 1.54) is 13.1 Å². The number of amides is 1. The second-order valence-electron chi connectivity index (χ2n) is 3.16. The average Bonchev–Trinajstić information content (AvgIpc) is 2.65. The van der Waals surface area contributed by atoms with Crippen LogP contribution < -0.4 is 14.9 Å². The average molecular weight is 285 g/mol. The van der Waals surface area contributed by atoms with Crippen molar-refractivity contribution in [3.8, 4) is 11.5 Å². The van der Waals surface area contributed by atoms with Crippen molar-refractivity contribution in [3.05, 3.63) is 22.2 Å². The number of hydrogen-bond donors (Lipinski definition) is 1. The van der Waals surface area contributed by atoms with Crippen LogP contribution in [0, 0.1) is 0 Å². The Bertz CT molecular complexity index is 460. The Labute approximate surface area is 101 Å². The Hall–Kier alpha value is -1.56. The first-order valence-corrected chi connectivity index (χ1v) is 5.35. The Balaban J connectivity index is 2.20. The predicted octanol–water partition coefficient (Wildman–Crippen LogP) is 1.65. The Kier molecular flexibility index (Phi) is 3.09. The summed E-state index contributed by atoms with van der Waals surface area (Å²) in [5, 5.41) is 3.77. The van der Waals surface area contributed by atoms with Gasteiger partial charge in [0.15, 0.2) is 11.5 Å². The van der Waals surface area contributed by atoms with Gasteiger partial charge in [0, 0.05) is 6.92 Å². The molecule has 6 heteroatoms. The zero-order valence-electron chi connectivity index (χ0n) is 8.49. The lowest BCUT2D eigenvalue weighted by atomic mass is 10.2. The molecule has 1 aliphatic rings. The van der Waals surface area contributed by atoms with Gasteiger partial charge in [0.05, 0.1) is 10.7 Å². The second-order valence-corrected chi connectivity index (χ2v) is 4.02. The van der Waals surface area contributed by atoms with E-state index in [-0.39, 0.29) is 12.7 Å². The molecule has 84 valence electrons. The summed E-state index contributed by atoms with van der Waals surface area (Å²) in [6, 6.07) is 3.62. The summed E-state index contributed by atoms with van der Waals surface area (Å²) in [6.45, 7) is 1.62. The van der Waals surface area contributed by atoms with Gasteiger partial charge in [0.2, 0.25) is 12.7 Å². The molecule has 0 saturated carbocycles. The summed E-state index contributed by atoms with van der Waals surface area (Å²) in [7, 11) is 0. The lowest BCUT2D eigenvalue weighted by molar-refractivity contribution is -0.118. The molecule has 16 heavy (non-hydrogen) atoms. The van der Waals surface area contributed by atoms with Crippen LogP contribution in [-0.2, 0) is 4.79 Å². The van der Waals surface area contributed by atoms with Crippen molar-refractivity contribution in [1.82, 2.24) is 5.43 Å². The number of ether oxygens (including phenoxy) is 2. The first-order chi connectivity index (χ1) is 7.66. The molecule has 0 spiro atoms. The van der Waals surface area contributed by atoms with E-state index >= 15 is 0 Å². The molecule has 0 aliphatic carbocycles. The largest absolute Gasteiger partial charge is 0.454 e. The third-order valence-corrected chi connectivity index (χ3v) is 2.47. The second kappa shape index (κ2) is 4.52. The van der Waals surface area contributed by atoms with Crippen LogP contribution in [-0.4, -0.2) is 18.9 Å². The van der Waals surface area contributed by atoms with Gasteiger partial charge in [0.25, 0.3) is 0 Å². The third kappa shape index (κ3) is 2.33. The monoisotopic (exact) mass is 284 g/mol. The van der Waals surface area contributed by atoms with Gasteiger partial charge in [-0.05, 0) is 33.6 Å². The number of carbonyl (C=O) groups excluding carboxylic acids is 1. The molecule has 5 nitrogen and oxygen atoms in total. The molecule has 1 aromatic carbocycles. The number of nitrogens with one attached hydrogen (secondary N) is 1. The van der Waals surface area contributed by atoms with Crippen LogP contribution in [0.1, 0.15) is 12.5 Å². The molecule has 0 saturated heterocycles. The van der Waals surface area contributed by atoms with Gasteiger partial charge in [0.1, 0.15) is 0 Å². The zero-order chi connectivity index (χ0) is 11.5. The number of halogens is 1. The minimum Gasteiger partial charge on any atom is -0.454 e. The van der Waals surface area contributed by atoms with Crippen molar-refractivity contribution in [2.45, 2.75) is 6.92 Å². The van der Waals surface area contributed by atoms with E-state index in [4.69, 9.17) is 9.47 Å². The lowest BCUT2D eigenvalue weighted by Crippen LogP contribution is -2.12. The molecule has 1 heterocycles. The standard InChI is InChI=1S/C10H9BrN2O3/c1-6(14)13-12-4-7-2-8(11)10-9(3-7)15-5-16-10/h2-4H,5H2,1H3,(H,13,14)/b12-4-. The van der Waals surface area contributed by atoms with Crippen molar-refractivity contribution < 1.29 is 14.3 Å². The fraction of sp³-hybridized carbons (Fsp3) is 0.200. The van der Waals surface area contributed by atoms with E-state index in [0.717, 1.165) is 10.0 Å². The fourth-order valence-corrected chi connectivity index (χ4v) is 1.83. The minimum absolute atomic E-state index is 0.212. The van der Waals surface area contributed by atoms with Crippen LogP contribution in [0.4, 0.5) is 0 Å². The molecular formula is C10H9BrN2O3. The Morgan fingerprint density at radius 3 is 3.12 bits per heavy atom. The number of nitrogens with zero attached hydrogens (tertiary/aromatic N) is 1. The predicted molar refractivity (Wildman–Crippen MR) is 61.7 cm³/mol. The highest BCUT2D eigenvalue weighted by Gasteiger charge is 2.17. The first-order valence-electron chi connectivity index (χ1n) is 4.55. The maximum Gasteiger partial charge on any atom is 0.236 e. The van der Waals surface area contributed by atoms with Crippen LogP contribution in [0.5, 0.6) is 11.5 Å². The number of fused-ring (bicyclic) bond motifs is 1. The Morgan fingerprint density at radius 1 is 1.56 bits per heavy atom. The van der Waals surface area contributed by atoms with Gasteiger partial charge in [-0.3, -0.25) is 4.79 Å². The quantitative estimate of drug-likeness (QED) is 0.664. The van der Waals surface area contributed by atoms with Gasteiger partial charge in [-0.25, -0.2) is 5.43 Å². The molecule has 2 rings (SSSR count). The van der Waals surface area contributed by atoms with Gasteiger partial charge >= 0.3 is 0 Å². The van der Waals surface area contributed by atoms with Gasteiger partial charge in [-0.1, -0.05) is 0 Å². The van der Waals surface area contributed by atoms with Crippen LogP contribution in [0.25, 0.3) is 0 Å². The molecule has 0 radical (unpaired) electrons. The maximum atomic E-state index is 10.6. The molecule has 0 fully saturated rings. The summed E-state index contributed by atoms with van der Waals surface area (Å²) in [4.78, 5) is 10.6. The van der Waals surface area contributed by atoms with Crippen LogP contribution in [0.2, 0.25) is 0 Å². The van der Waals surface area contributed by atoms with Crippen molar-refractivity contribution in [3.63, 3.8) is 0 Å².